The molecule has 2 fully saturated rings. The van der Waals surface area contributed by atoms with E-state index in [4.69, 9.17) is 0 Å². The molecule has 2 aromatic heterocycles. The molecule has 8 heteroatoms. The van der Waals surface area contributed by atoms with E-state index in [-0.39, 0.29) is 35.0 Å². The lowest BCUT2D eigenvalue weighted by Crippen LogP contribution is -2.63. The quantitative estimate of drug-likeness (QED) is 0.405. The predicted molar refractivity (Wildman–Crippen MR) is 131 cm³/mol. The molecule has 2 aromatic carbocycles. The Morgan fingerprint density at radius 2 is 2.03 bits per heavy atom. The summed E-state index contributed by atoms with van der Waals surface area (Å²) in [4.78, 5) is 29.2. The standard InChI is InChI=1S/C27H23F2N5O/c1-3-16-19(28)9-8-15-6-5-7-17(23(15)16)25-24(29)26-18(12-30-25)27(32-14-31-26)34-13-21-20(34)10-11-33(21)22(35)4-2/h4-9,12,14,20-21H,2-3,10-11,13H2,1H3/t20-,21-/m1/s1. The number of benzene rings is 2. The molecule has 6 nitrogen and oxygen atoms in total. The fourth-order valence-electron chi connectivity index (χ4n) is 5.62. The number of rotatable bonds is 4. The first-order valence-electron chi connectivity index (χ1n) is 11.7. The van der Waals surface area contributed by atoms with Crippen molar-refractivity contribution in [2.75, 3.05) is 18.0 Å². The summed E-state index contributed by atoms with van der Waals surface area (Å²) in [5.74, 6) is -0.330. The third-order valence-corrected chi connectivity index (χ3v) is 7.33. The van der Waals surface area contributed by atoms with Gasteiger partial charge in [-0.05, 0) is 41.3 Å². The van der Waals surface area contributed by atoms with Crippen molar-refractivity contribution < 1.29 is 13.6 Å². The topological polar surface area (TPSA) is 62.2 Å². The van der Waals surface area contributed by atoms with Crippen LogP contribution in [0, 0.1) is 11.6 Å². The Morgan fingerprint density at radius 1 is 1.17 bits per heavy atom. The molecule has 2 saturated heterocycles. The highest BCUT2D eigenvalue weighted by atomic mass is 19.1. The Kier molecular flexibility index (Phi) is 4.98. The average Bonchev–Trinajstić information content (AvgIpc) is 3.20. The van der Waals surface area contributed by atoms with E-state index < -0.39 is 5.82 Å². The molecular formula is C27H23F2N5O. The molecule has 0 unspecified atom stereocenters. The number of carbonyl (C=O) groups is 1. The lowest BCUT2D eigenvalue weighted by Gasteiger charge is -2.47. The number of hydrogen-bond donors (Lipinski definition) is 0. The van der Waals surface area contributed by atoms with Gasteiger partial charge in [-0.25, -0.2) is 18.7 Å². The molecule has 35 heavy (non-hydrogen) atoms. The number of aromatic nitrogens is 3. The Bertz CT molecular complexity index is 1520. The molecule has 2 aliphatic rings. The zero-order valence-corrected chi connectivity index (χ0v) is 19.2. The van der Waals surface area contributed by atoms with Gasteiger partial charge in [0.1, 0.15) is 29.2 Å². The summed E-state index contributed by atoms with van der Waals surface area (Å²) in [6.45, 7) is 6.74. The number of halogens is 2. The number of fused-ring (bicyclic) bond motifs is 3. The fraction of sp³-hybridized carbons (Fsp3) is 0.259. The molecule has 0 radical (unpaired) electrons. The molecule has 6 rings (SSSR count). The van der Waals surface area contributed by atoms with Crippen molar-refractivity contribution in [1.82, 2.24) is 19.9 Å². The maximum atomic E-state index is 15.9. The van der Waals surface area contributed by atoms with Crippen LogP contribution in [-0.4, -0.2) is 50.9 Å². The Morgan fingerprint density at radius 3 is 2.83 bits per heavy atom. The van der Waals surface area contributed by atoms with E-state index in [0.717, 1.165) is 11.8 Å². The van der Waals surface area contributed by atoms with Crippen LogP contribution < -0.4 is 4.90 Å². The van der Waals surface area contributed by atoms with Crippen LogP contribution in [0.4, 0.5) is 14.6 Å². The summed E-state index contributed by atoms with van der Waals surface area (Å²) >= 11 is 0. The highest BCUT2D eigenvalue weighted by Gasteiger charge is 2.49. The van der Waals surface area contributed by atoms with Gasteiger partial charge in [0.2, 0.25) is 5.91 Å². The maximum absolute atomic E-state index is 15.9. The van der Waals surface area contributed by atoms with Crippen LogP contribution in [0.1, 0.15) is 18.9 Å². The van der Waals surface area contributed by atoms with E-state index in [0.29, 0.717) is 47.2 Å². The molecule has 176 valence electrons. The smallest absolute Gasteiger partial charge is 0.246 e. The van der Waals surface area contributed by atoms with E-state index >= 15 is 4.39 Å². The highest BCUT2D eigenvalue weighted by Crippen LogP contribution is 2.40. The van der Waals surface area contributed by atoms with Gasteiger partial charge < -0.3 is 9.80 Å². The Hall–Kier alpha value is -3.94. The van der Waals surface area contributed by atoms with Gasteiger partial charge in [0.05, 0.1) is 17.5 Å². The normalized spacial score (nSPS) is 19.2. The number of amides is 1. The second-order valence-corrected chi connectivity index (χ2v) is 8.98. The van der Waals surface area contributed by atoms with Gasteiger partial charge in [-0.15, -0.1) is 0 Å². The number of aryl methyl sites for hydroxylation is 1. The molecule has 2 atom stereocenters. The first-order chi connectivity index (χ1) is 17.0. The zero-order chi connectivity index (χ0) is 24.3. The third-order valence-electron chi connectivity index (χ3n) is 7.33. The van der Waals surface area contributed by atoms with Crippen LogP contribution in [0.5, 0.6) is 0 Å². The highest BCUT2D eigenvalue weighted by molar-refractivity contribution is 6.01. The van der Waals surface area contributed by atoms with Crippen LogP contribution in [0.15, 0.2) is 55.5 Å². The molecule has 4 aromatic rings. The molecule has 2 aliphatic heterocycles. The molecule has 0 spiro atoms. The summed E-state index contributed by atoms with van der Waals surface area (Å²) in [5.41, 5.74) is 1.39. The van der Waals surface area contributed by atoms with Crippen molar-refractivity contribution in [1.29, 1.82) is 0 Å². The maximum Gasteiger partial charge on any atom is 0.246 e. The summed E-state index contributed by atoms with van der Waals surface area (Å²) in [6, 6.07) is 8.84. The molecule has 0 aliphatic carbocycles. The van der Waals surface area contributed by atoms with Crippen LogP contribution >= 0.6 is 0 Å². The number of hydrogen-bond acceptors (Lipinski definition) is 5. The number of pyridine rings is 1. The monoisotopic (exact) mass is 471 g/mol. The van der Waals surface area contributed by atoms with Crippen molar-refractivity contribution in [3.05, 3.63) is 72.7 Å². The second-order valence-electron chi connectivity index (χ2n) is 8.98. The van der Waals surface area contributed by atoms with Gasteiger partial charge in [0.15, 0.2) is 5.82 Å². The van der Waals surface area contributed by atoms with E-state index in [1.165, 1.54) is 18.5 Å². The van der Waals surface area contributed by atoms with Crippen LogP contribution in [-0.2, 0) is 11.2 Å². The number of carbonyl (C=O) groups excluding carboxylic acids is 1. The Labute approximate surface area is 200 Å². The van der Waals surface area contributed by atoms with E-state index in [2.05, 4.69) is 26.4 Å². The van der Waals surface area contributed by atoms with E-state index in [1.807, 2.05) is 24.0 Å². The van der Waals surface area contributed by atoms with Crippen molar-refractivity contribution in [3.8, 4) is 11.3 Å². The molecular weight excluding hydrogens is 448 g/mol. The van der Waals surface area contributed by atoms with Crippen molar-refractivity contribution in [3.63, 3.8) is 0 Å². The number of likely N-dealkylation sites (tertiary alicyclic amines) is 1. The van der Waals surface area contributed by atoms with E-state index in [1.54, 1.807) is 18.3 Å². The summed E-state index contributed by atoms with van der Waals surface area (Å²) in [5, 5.41) is 2.01. The second kappa shape index (κ2) is 8.08. The largest absolute Gasteiger partial charge is 0.349 e. The number of anilines is 1. The third kappa shape index (κ3) is 3.12. The summed E-state index contributed by atoms with van der Waals surface area (Å²) in [6.07, 6.45) is 5.59. The minimum absolute atomic E-state index is 0.0694. The molecule has 0 N–H and O–H groups in total. The first-order valence-corrected chi connectivity index (χ1v) is 11.7. The molecule has 0 saturated carbocycles. The summed E-state index contributed by atoms with van der Waals surface area (Å²) in [7, 11) is 0. The zero-order valence-electron chi connectivity index (χ0n) is 19.2. The lowest BCUT2D eigenvalue weighted by molar-refractivity contribution is -0.127. The van der Waals surface area contributed by atoms with Gasteiger partial charge in [-0.3, -0.25) is 9.78 Å². The summed E-state index contributed by atoms with van der Waals surface area (Å²) < 4.78 is 30.5. The van der Waals surface area contributed by atoms with Crippen molar-refractivity contribution in [2.24, 2.45) is 0 Å². The first kappa shape index (κ1) is 21.6. The average molecular weight is 472 g/mol. The van der Waals surface area contributed by atoms with Crippen LogP contribution in [0.2, 0.25) is 0 Å². The molecule has 1 amide bonds. The van der Waals surface area contributed by atoms with Gasteiger partial charge in [0.25, 0.3) is 0 Å². The van der Waals surface area contributed by atoms with Crippen molar-refractivity contribution >= 4 is 33.4 Å². The predicted octanol–water partition coefficient (Wildman–Crippen LogP) is 4.66. The SMILES string of the molecule is C=CC(=O)N1CC[C@@H]2[C@H]1CN2c1ncnc2c(F)c(-c3cccc4ccc(F)c(CC)c34)ncc12. The Balaban J connectivity index is 1.44. The van der Waals surface area contributed by atoms with Gasteiger partial charge in [-0.2, -0.15) is 0 Å². The van der Waals surface area contributed by atoms with Gasteiger partial charge >= 0.3 is 0 Å². The fourth-order valence-corrected chi connectivity index (χ4v) is 5.62. The lowest BCUT2D eigenvalue weighted by atomic mass is 9.94. The molecule has 4 heterocycles. The minimum atomic E-state index is -0.558. The van der Waals surface area contributed by atoms with Crippen LogP contribution in [0.25, 0.3) is 32.9 Å². The number of nitrogens with zero attached hydrogens (tertiary/aromatic N) is 5. The van der Waals surface area contributed by atoms with Crippen LogP contribution in [0.3, 0.4) is 0 Å². The van der Waals surface area contributed by atoms with Crippen molar-refractivity contribution in [2.45, 2.75) is 31.8 Å². The minimum Gasteiger partial charge on any atom is -0.349 e. The van der Waals surface area contributed by atoms with Gasteiger partial charge in [-0.1, -0.05) is 37.8 Å². The molecule has 0 bridgehead atoms. The van der Waals surface area contributed by atoms with Gasteiger partial charge in [0, 0.05) is 24.8 Å². The van der Waals surface area contributed by atoms with E-state index in [9.17, 15) is 9.18 Å².